The van der Waals surface area contributed by atoms with Crippen LogP contribution in [0.3, 0.4) is 0 Å². The number of aliphatic hydroxyl groups is 1. The van der Waals surface area contributed by atoms with Crippen molar-refractivity contribution in [2.45, 2.75) is 24.9 Å². The van der Waals surface area contributed by atoms with Crippen LogP contribution in [0.25, 0.3) is 11.2 Å². The summed E-state index contributed by atoms with van der Waals surface area (Å²) < 4.78 is 52.3. The maximum atomic E-state index is 11.8. The number of hydrogen-bond acceptors (Lipinski definition) is 12. The molecule has 0 aliphatic carbocycles. The van der Waals surface area contributed by atoms with Gasteiger partial charge in [0.25, 0.3) is 0 Å². The van der Waals surface area contributed by atoms with E-state index in [9.17, 15) is 23.7 Å². The molecule has 0 radical (unpaired) electrons. The summed E-state index contributed by atoms with van der Waals surface area (Å²) in [6, 6.07) is 0. The van der Waals surface area contributed by atoms with E-state index < -0.39 is 48.5 Å². The SMILES string of the molecule is Nc1ncnc2c1ncn2[C@@H]1O[C@H](COP(=O)(O)OP(=O)(O)OP(=O)(O)O)C[C@H]1O.[NaH]. The molecule has 1 fully saturated rings. The van der Waals surface area contributed by atoms with Gasteiger partial charge in [0.2, 0.25) is 0 Å². The molecule has 170 valence electrons. The minimum atomic E-state index is -5.62. The van der Waals surface area contributed by atoms with Crippen molar-refractivity contribution in [3.05, 3.63) is 12.7 Å². The second kappa shape index (κ2) is 9.89. The van der Waals surface area contributed by atoms with Crippen LogP contribution < -0.4 is 5.73 Å². The number of rotatable bonds is 8. The van der Waals surface area contributed by atoms with E-state index in [0.29, 0.717) is 0 Å². The van der Waals surface area contributed by atoms with Crippen molar-refractivity contribution >= 4 is 70.0 Å². The Kier molecular flexibility index (Phi) is 8.59. The first-order valence-electron chi connectivity index (χ1n) is 7.81. The maximum absolute atomic E-state index is 11.8. The molecule has 1 aliphatic heterocycles. The topological polar surface area (TPSA) is 259 Å². The van der Waals surface area contributed by atoms with Crippen LogP contribution in [-0.4, -0.2) is 92.6 Å². The zero-order valence-corrected chi connectivity index (χ0v) is 17.3. The van der Waals surface area contributed by atoms with Crippen molar-refractivity contribution in [1.29, 1.82) is 0 Å². The number of nitrogens with zero attached hydrogens (tertiary/aromatic N) is 4. The molecular weight excluding hydrogens is 498 g/mol. The summed E-state index contributed by atoms with van der Waals surface area (Å²) in [5.74, 6) is 0.107. The van der Waals surface area contributed by atoms with Gasteiger partial charge in [0.1, 0.15) is 17.9 Å². The molecule has 0 amide bonds. The summed E-state index contributed by atoms with van der Waals surface area (Å²) in [7, 11) is -16.4. The van der Waals surface area contributed by atoms with Crippen molar-refractivity contribution < 1.29 is 56.3 Å². The van der Waals surface area contributed by atoms with E-state index in [0.717, 1.165) is 0 Å². The summed E-state index contributed by atoms with van der Waals surface area (Å²) in [6.07, 6.45) is -0.711. The molecule has 3 rings (SSSR count). The second-order valence-electron chi connectivity index (χ2n) is 5.92. The average Bonchev–Trinajstić information content (AvgIpc) is 3.13. The Labute approximate surface area is 195 Å². The van der Waals surface area contributed by atoms with Crippen molar-refractivity contribution in [2.75, 3.05) is 12.3 Å². The molecule has 1 saturated heterocycles. The molecule has 0 saturated carbocycles. The predicted molar refractivity (Wildman–Crippen MR) is 101 cm³/mol. The molecule has 1 aliphatic rings. The Morgan fingerprint density at radius 3 is 2.45 bits per heavy atom. The third kappa shape index (κ3) is 7.08. The van der Waals surface area contributed by atoms with Crippen LogP contribution in [0, 0.1) is 0 Å². The number of hydrogen-bond donors (Lipinski definition) is 6. The average molecular weight is 515 g/mol. The molecule has 2 aromatic heterocycles. The first-order chi connectivity index (χ1) is 13.8. The molecule has 2 unspecified atom stereocenters. The molecular formula is C10H17N5NaO12P3. The van der Waals surface area contributed by atoms with Crippen LogP contribution >= 0.6 is 23.5 Å². The first-order valence-corrected chi connectivity index (χ1v) is 12.3. The number of imidazole rings is 1. The fourth-order valence-corrected chi connectivity index (χ4v) is 5.67. The molecule has 3 heterocycles. The van der Waals surface area contributed by atoms with Gasteiger partial charge in [-0.2, -0.15) is 8.62 Å². The number of ether oxygens (including phenoxy) is 1. The number of nitrogen functional groups attached to an aromatic ring is 1. The van der Waals surface area contributed by atoms with Gasteiger partial charge in [-0.25, -0.2) is 28.6 Å². The van der Waals surface area contributed by atoms with Gasteiger partial charge in [0.05, 0.1) is 19.0 Å². The van der Waals surface area contributed by atoms with Gasteiger partial charge >= 0.3 is 53.0 Å². The Morgan fingerprint density at radius 1 is 1.13 bits per heavy atom. The fraction of sp³-hybridized carbons (Fsp3) is 0.500. The Balaban J connectivity index is 0.00000341. The third-order valence-corrected chi connectivity index (χ3v) is 7.47. The quantitative estimate of drug-likeness (QED) is 0.177. The molecule has 21 heteroatoms. The van der Waals surface area contributed by atoms with Crippen molar-refractivity contribution in [1.82, 2.24) is 19.5 Å². The van der Waals surface area contributed by atoms with E-state index in [-0.39, 0.29) is 53.0 Å². The number of nitrogens with two attached hydrogens (primary N) is 1. The summed E-state index contributed by atoms with van der Waals surface area (Å²) >= 11 is 0. The number of fused-ring (bicyclic) bond motifs is 1. The van der Waals surface area contributed by atoms with E-state index in [1.165, 1.54) is 17.2 Å². The minimum absolute atomic E-state index is 0. The summed E-state index contributed by atoms with van der Waals surface area (Å²) in [6.45, 7) is -0.693. The number of aromatic nitrogens is 4. The summed E-state index contributed by atoms with van der Waals surface area (Å²) in [5.41, 5.74) is 6.22. The zero-order valence-electron chi connectivity index (χ0n) is 14.6. The van der Waals surface area contributed by atoms with Crippen molar-refractivity contribution in [2.24, 2.45) is 0 Å². The monoisotopic (exact) mass is 515 g/mol. The van der Waals surface area contributed by atoms with E-state index in [1.807, 2.05) is 0 Å². The molecule has 0 bridgehead atoms. The van der Waals surface area contributed by atoms with Gasteiger partial charge in [-0.3, -0.25) is 9.09 Å². The summed E-state index contributed by atoms with van der Waals surface area (Å²) in [4.78, 5) is 47.4. The van der Waals surface area contributed by atoms with Gasteiger partial charge in [-0.05, 0) is 0 Å². The van der Waals surface area contributed by atoms with Gasteiger partial charge in [0, 0.05) is 6.42 Å². The van der Waals surface area contributed by atoms with Crippen LogP contribution in [0.15, 0.2) is 12.7 Å². The standard InChI is InChI=1S/C10H16N5O12P3.Na.H/c11-8-7-9(13-3-12-8)15(4-14-7)10-6(16)1-5(25-10)2-24-29(20,21)27-30(22,23)26-28(17,18)19;;/h3-6,10,16H,1-2H2,(H,20,21)(H,22,23)(H2,11,12,13)(H2,17,18,19);;/t5-,6+,10+;;/m0../s1. The molecule has 5 atom stereocenters. The van der Waals surface area contributed by atoms with Gasteiger partial charge in [0.15, 0.2) is 17.7 Å². The third-order valence-electron chi connectivity index (χ3n) is 3.67. The van der Waals surface area contributed by atoms with Crippen LogP contribution in [0.4, 0.5) is 5.82 Å². The van der Waals surface area contributed by atoms with Gasteiger partial charge < -0.3 is 35.2 Å². The second-order valence-corrected chi connectivity index (χ2v) is 10.3. The van der Waals surface area contributed by atoms with Crippen molar-refractivity contribution in [3.63, 3.8) is 0 Å². The Bertz CT molecular complexity index is 1080. The molecule has 0 spiro atoms. The molecule has 7 N–H and O–H groups in total. The first kappa shape index (κ1) is 26.9. The normalized spacial score (nSPS) is 25.6. The van der Waals surface area contributed by atoms with Crippen LogP contribution in [-0.2, 0) is 31.6 Å². The van der Waals surface area contributed by atoms with Crippen LogP contribution in [0.2, 0.25) is 0 Å². The van der Waals surface area contributed by atoms with Gasteiger partial charge in [-0.15, -0.1) is 0 Å². The number of phosphoric ester groups is 1. The van der Waals surface area contributed by atoms with Crippen LogP contribution in [0.5, 0.6) is 0 Å². The molecule has 31 heavy (non-hydrogen) atoms. The van der Waals surface area contributed by atoms with E-state index >= 15 is 0 Å². The van der Waals surface area contributed by atoms with E-state index in [4.69, 9.17) is 25.2 Å². The molecule has 0 aromatic carbocycles. The predicted octanol–water partition coefficient (Wildman–Crippen LogP) is -1.25. The van der Waals surface area contributed by atoms with E-state index in [2.05, 4.69) is 28.1 Å². The number of anilines is 1. The number of aliphatic hydroxyl groups excluding tert-OH is 1. The Morgan fingerprint density at radius 2 is 1.81 bits per heavy atom. The summed E-state index contributed by atoms with van der Waals surface area (Å²) in [5, 5.41) is 10.2. The molecule has 2 aromatic rings. The zero-order chi connectivity index (χ0) is 22.3. The van der Waals surface area contributed by atoms with Gasteiger partial charge in [-0.1, -0.05) is 0 Å². The van der Waals surface area contributed by atoms with E-state index in [1.54, 1.807) is 0 Å². The fourth-order valence-electron chi connectivity index (χ4n) is 2.62. The van der Waals surface area contributed by atoms with Crippen LogP contribution in [0.1, 0.15) is 12.6 Å². The van der Waals surface area contributed by atoms with Crippen molar-refractivity contribution in [3.8, 4) is 0 Å². The Hall–Kier alpha value is -0.320. The number of phosphoric acid groups is 3. The molecule has 17 nitrogen and oxygen atoms in total.